The van der Waals surface area contributed by atoms with Crippen molar-refractivity contribution in [1.29, 1.82) is 0 Å². The van der Waals surface area contributed by atoms with Crippen LogP contribution in [0.2, 0.25) is 0 Å². The van der Waals surface area contributed by atoms with E-state index in [1.807, 2.05) is 4.90 Å². The van der Waals surface area contributed by atoms with Gasteiger partial charge in [-0.25, -0.2) is 18.0 Å². The Kier molecular flexibility index (Phi) is 5.92. The van der Waals surface area contributed by atoms with Gasteiger partial charge >= 0.3 is 6.09 Å². The van der Waals surface area contributed by atoms with Gasteiger partial charge < -0.3 is 20.3 Å². The zero-order chi connectivity index (χ0) is 21.4. The number of anilines is 2. The van der Waals surface area contributed by atoms with Gasteiger partial charge in [-0.3, -0.25) is 0 Å². The number of rotatable bonds is 2. The first-order valence-electron chi connectivity index (χ1n) is 10.1. The SMILES string of the molecule is CC(C)(C)OC(=O)N1CC[C@@H](C2CCN(c3ccc(N)cc3F)CC2)C(F)(F)C1. The highest BCUT2D eigenvalue weighted by Crippen LogP contribution is 2.42. The molecule has 0 unspecified atom stereocenters. The van der Waals surface area contributed by atoms with Gasteiger partial charge in [0.15, 0.2) is 0 Å². The topological polar surface area (TPSA) is 58.8 Å². The fourth-order valence-corrected chi connectivity index (χ4v) is 4.34. The quantitative estimate of drug-likeness (QED) is 0.725. The van der Waals surface area contributed by atoms with Crippen LogP contribution < -0.4 is 10.6 Å². The molecule has 2 N–H and O–H groups in total. The molecule has 29 heavy (non-hydrogen) atoms. The van der Waals surface area contributed by atoms with Crippen LogP contribution in [0.15, 0.2) is 18.2 Å². The Balaban J connectivity index is 1.59. The van der Waals surface area contributed by atoms with Gasteiger partial charge in [-0.15, -0.1) is 0 Å². The average Bonchev–Trinajstić information content (AvgIpc) is 2.60. The highest BCUT2D eigenvalue weighted by molar-refractivity contribution is 5.68. The van der Waals surface area contributed by atoms with Crippen molar-refractivity contribution in [3.05, 3.63) is 24.0 Å². The Morgan fingerprint density at radius 2 is 1.83 bits per heavy atom. The van der Waals surface area contributed by atoms with E-state index in [-0.39, 0.29) is 24.7 Å². The lowest BCUT2D eigenvalue weighted by atomic mass is 9.76. The van der Waals surface area contributed by atoms with Crippen molar-refractivity contribution in [3.8, 4) is 0 Å². The van der Waals surface area contributed by atoms with E-state index in [0.717, 1.165) is 4.90 Å². The van der Waals surface area contributed by atoms with Crippen LogP contribution in [0, 0.1) is 17.7 Å². The van der Waals surface area contributed by atoms with Crippen molar-refractivity contribution >= 4 is 17.5 Å². The van der Waals surface area contributed by atoms with Crippen molar-refractivity contribution < 1.29 is 22.7 Å². The van der Waals surface area contributed by atoms with Crippen LogP contribution in [0.25, 0.3) is 0 Å². The van der Waals surface area contributed by atoms with Crippen LogP contribution in [0.5, 0.6) is 0 Å². The summed E-state index contributed by atoms with van der Waals surface area (Å²) < 4.78 is 49.2. The number of nitrogen functional groups attached to an aromatic ring is 1. The molecule has 0 saturated carbocycles. The van der Waals surface area contributed by atoms with Crippen LogP contribution in [-0.4, -0.2) is 48.7 Å². The minimum atomic E-state index is -2.96. The standard InChI is InChI=1S/C21H30F3N3O2/c1-20(2,3)29-19(28)27-11-8-16(21(23,24)13-27)14-6-9-26(10-7-14)18-5-4-15(25)12-17(18)22/h4-5,12,14,16H,6-11,13,25H2,1-3H3/t16-/m0/s1. The molecular weight excluding hydrogens is 383 g/mol. The summed E-state index contributed by atoms with van der Waals surface area (Å²) >= 11 is 0. The monoisotopic (exact) mass is 413 g/mol. The molecule has 1 atom stereocenters. The van der Waals surface area contributed by atoms with Crippen molar-refractivity contribution in [3.63, 3.8) is 0 Å². The third kappa shape index (κ3) is 5.08. The Morgan fingerprint density at radius 1 is 1.17 bits per heavy atom. The lowest BCUT2D eigenvalue weighted by Gasteiger charge is -2.44. The second-order valence-electron chi connectivity index (χ2n) is 9.09. The Hall–Kier alpha value is -2.12. The fourth-order valence-electron chi connectivity index (χ4n) is 4.34. The van der Waals surface area contributed by atoms with Crippen LogP contribution in [-0.2, 0) is 4.74 Å². The fraction of sp³-hybridized carbons (Fsp3) is 0.667. The maximum Gasteiger partial charge on any atom is 0.410 e. The van der Waals surface area contributed by atoms with Gasteiger partial charge in [0.1, 0.15) is 11.4 Å². The molecule has 0 aliphatic carbocycles. The van der Waals surface area contributed by atoms with Gasteiger partial charge in [0, 0.05) is 31.2 Å². The van der Waals surface area contributed by atoms with Crippen molar-refractivity contribution in [1.82, 2.24) is 4.90 Å². The van der Waals surface area contributed by atoms with Crippen LogP contribution >= 0.6 is 0 Å². The van der Waals surface area contributed by atoms with Gasteiger partial charge in [-0.2, -0.15) is 0 Å². The molecule has 162 valence electrons. The predicted molar refractivity (Wildman–Crippen MR) is 107 cm³/mol. The number of carbonyl (C=O) groups excluding carboxylic acids is 1. The number of nitrogens with zero attached hydrogens (tertiary/aromatic N) is 2. The van der Waals surface area contributed by atoms with Gasteiger partial charge in [0.2, 0.25) is 0 Å². The maximum absolute atomic E-state index is 14.9. The van der Waals surface area contributed by atoms with Crippen molar-refractivity contribution in [2.24, 2.45) is 11.8 Å². The maximum atomic E-state index is 14.9. The Labute approximate surface area is 170 Å². The zero-order valence-electron chi connectivity index (χ0n) is 17.3. The Morgan fingerprint density at radius 3 is 2.38 bits per heavy atom. The number of nitrogens with two attached hydrogens (primary N) is 1. The number of hydrogen-bond donors (Lipinski definition) is 1. The molecule has 2 heterocycles. The number of carbonyl (C=O) groups is 1. The molecule has 2 aliphatic rings. The summed E-state index contributed by atoms with van der Waals surface area (Å²) in [6, 6.07) is 4.56. The van der Waals surface area contributed by atoms with Crippen molar-refractivity contribution in [2.45, 2.75) is 51.6 Å². The summed E-state index contributed by atoms with van der Waals surface area (Å²) in [5, 5.41) is 0. The van der Waals surface area contributed by atoms with E-state index in [1.165, 1.54) is 6.07 Å². The van der Waals surface area contributed by atoms with Crippen LogP contribution in [0.4, 0.5) is 29.3 Å². The summed E-state index contributed by atoms with van der Waals surface area (Å²) in [7, 11) is 0. The van der Waals surface area contributed by atoms with Gasteiger partial charge in [0.25, 0.3) is 5.92 Å². The van der Waals surface area contributed by atoms with Gasteiger partial charge in [-0.05, 0) is 64.2 Å². The molecule has 1 amide bonds. The van der Waals surface area contributed by atoms with E-state index in [1.54, 1.807) is 32.9 Å². The molecule has 1 aromatic rings. The zero-order valence-corrected chi connectivity index (χ0v) is 17.3. The van der Waals surface area contributed by atoms with E-state index in [0.29, 0.717) is 37.3 Å². The number of alkyl halides is 2. The number of amides is 1. The number of benzene rings is 1. The largest absolute Gasteiger partial charge is 0.444 e. The number of likely N-dealkylation sites (tertiary alicyclic amines) is 1. The lowest BCUT2D eigenvalue weighted by molar-refractivity contribution is -0.130. The van der Waals surface area contributed by atoms with Crippen LogP contribution in [0.1, 0.15) is 40.0 Å². The minimum absolute atomic E-state index is 0.154. The minimum Gasteiger partial charge on any atom is -0.444 e. The molecule has 8 heteroatoms. The average molecular weight is 413 g/mol. The molecule has 2 aliphatic heterocycles. The van der Waals surface area contributed by atoms with Gasteiger partial charge in [-0.1, -0.05) is 0 Å². The molecule has 0 aromatic heterocycles. The Bertz CT molecular complexity index is 743. The molecular formula is C21H30F3N3O2. The van der Waals surface area contributed by atoms with E-state index < -0.39 is 30.1 Å². The number of halogens is 3. The molecule has 1 aromatic carbocycles. The third-order valence-corrected chi connectivity index (χ3v) is 5.73. The van der Waals surface area contributed by atoms with E-state index in [9.17, 15) is 18.0 Å². The van der Waals surface area contributed by atoms with E-state index in [4.69, 9.17) is 10.5 Å². The summed E-state index contributed by atoms with van der Waals surface area (Å²) in [6.45, 7) is 5.84. The second kappa shape index (κ2) is 7.95. The number of piperidine rings is 2. The second-order valence-corrected chi connectivity index (χ2v) is 9.09. The molecule has 0 spiro atoms. The molecule has 0 radical (unpaired) electrons. The van der Waals surface area contributed by atoms with E-state index >= 15 is 0 Å². The number of ether oxygens (including phenoxy) is 1. The highest BCUT2D eigenvalue weighted by atomic mass is 19.3. The summed E-state index contributed by atoms with van der Waals surface area (Å²) in [5.74, 6) is -4.29. The summed E-state index contributed by atoms with van der Waals surface area (Å²) in [5.41, 5.74) is 5.70. The predicted octanol–water partition coefficient (Wildman–Crippen LogP) is 4.52. The smallest absolute Gasteiger partial charge is 0.410 e. The molecule has 5 nitrogen and oxygen atoms in total. The van der Waals surface area contributed by atoms with Crippen LogP contribution in [0.3, 0.4) is 0 Å². The van der Waals surface area contributed by atoms with Gasteiger partial charge in [0.05, 0.1) is 12.2 Å². The normalized spacial score (nSPS) is 23.2. The molecule has 3 rings (SSSR count). The molecule has 0 bridgehead atoms. The lowest BCUT2D eigenvalue weighted by Crippen LogP contribution is -2.54. The van der Waals surface area contributed by atoms with E-state index in [2.05, 4.69) is 0 Å². The first kappa shape index (κ1) is 21.6. The molecule has 2 saturated heterocycles. The third-order valence-electron chi connectivity index (χ3n) is 5.73. The molecule has 2 fully saturated rings. The first-order chi connectivity index (χ1) is 13.5. The summed E-state index contributed by atoms with van der Waals surface area (Å²) in [4.78, 5) is 15.2. The summed E-state index contributed by atoms with van der Waals surface area (Å²) in [6.07, 6.45) is 0.685. The highest BCUT2D eigenvalue weighted by Gasteiger charge is 2.50. The van der Waals surface area contributed by atoms with Crippen molar-refractivity contribution in [2.75, 3.05) is 36.8 Å². The number of hydrogen-bond acceptors (Lipinski definition) is 4. The first-order valence-corrected chi connectivity index (χ1v) is 10.1.